The van der Waals surface area contributed by atoms with Crippen molar-refractivity contribution in [3.8, 4) is 0 Å². The first kappa shape index (κ1) is 24.3. The van der Waals surface area contributed by atoms with Crippen LogP contribution in [0.2, 0.25) is 0 Å². The number of esters is 1. The van der Waals surface area contributed by atoms with Crippen LogP contribution in [0, 0.1) is 0 Å². The molecule has 35 heavy (non-hydrogen) atoms. The van der Waals surface area contributed by atoms with Gasteiger partial charge in [0.25, 0.3) is 0 Å². The maximum absolute atomic E-state index is 13.7. The summed E-state index contributed by atoms with van der Waals surface area (Å²) in [5.41, 5.74) is 2.94. The summed E-state index contributed by atoms with van der Waals surface area (Å²) in [5, 5.41) is 3.56. The van der Waals surface area contributed by atoms with Crippen molar-refractivity contribution in [3.63, 3.8) is 0 Å². The first-order valence-electron chi connectivity index (χ1n) is 11.4. The Kier molecular flexibility index (Phi) is 8.00. The summed E-state index contributed by atoms with van der Waals surface area (Å²) >= 11 is 1.41. The predicted octanol–water partition coefficient (Wildman–Crippen LogP) is 5.60. The number of hydrogen-bond acceptors (Lipinski definition) is 5. The topological polar surface area (TPSA) is 73.2 Å². The Balaban J connectivity index is 1.75. The maximum Gasteiger partial charge on any atom is 0.358 e. The molecule has 3 aromatic carbocycles. The van der Waals surface area contributed by atoms with Crippen LogP contribution in [0.3, 0.4) is 0 Å². The van der Waals surface area contributed by atoms with Crippen molar-refractivity contribution in [2.45, 2.75) is 24.5 Å². The standard InChI is InChI=1S/C28H27N3O3S/c1-3-34-27(33)24-25(30-28(35-2)31(24)19-20-13-7-4-8-14-20)29-26(32)23(21-15-9-5-10-16-21)22-17-11-6-12-18-22/h4-18,23H,3,19H2,1-2H3,(H,29,32). The van der Waals surface area contributed by atoms with Gasteiger partial charge in [0.1, 0.15) is 0 Å². The lowest BCUT2D eigenvalue weighted by atomic mass is 9.90. The lowest BCUT2D eigenvalue weighted by molar-refractivity contribution is -0.116. The van der Waals surface area contributed by atoms with Crippen LogP contribution in [-0.2, 0) is 16.1 Å². The average Bonchev–Trinajstić information content (AvgIpc) is 3.22. The number of ether oxygens (including phenoxy) is 1. The molecule has 0 fully saturated rings. The zero-order chi connectivity index (χ0) is 24.6. The van der Waals surface area contributed by atoms with Crippen LogP contribution >= 0.6 is 11.8 Å². The summed E-state index contributed by atoms with van der Waals surface area (Å²) < 4.78 is 7.16. The number of benzene rings is 3. The van der Waals surface area contributed by atoms with Gasteiger partial charge in [-0.1, -0.05) is 103 Å². The minimum atomic E-state index is -0.565. The van der Waals surface area contributed by atoms with E-state index in [-0.39, 0.29) is 24.0 Å². The molecule has 1 amide bonds. The molecule has 0 saturated heterocycles. The Hall–Kier alpha value is -3.84. The van der Waals surface area contributed by atoms with Crippen molar-refractivity contribution in [1.82, 2.24) is 9.55 Å². The first-order valence-corrected chi connectivity index (χ1v) is 12.6. The molecule has 4 rings (SSSR count). The second kappa shape index (κ2) is 11.5. The molecule has 6 nitrogen and oxygen atoms in total. The quantitative estimate of drug-likeness (QED) is 0.247. The predicted molar refractivity (Wildman–Crippen MR) is 139 cm³/mol. The number of hydrogen-bond donors (Lipinski definition) is 1. The van der Waals surface area contributed by atoms with E-state index >= 15 is 0 Å². The Morgan fingerprint density at radius 1 is 0.914 bits per heavy atom. The van der Waals surface area contributed by atoms with Crippen LogP contribution in [0.1, 0.15) is 40.0 Å². The monoisotopic (exact) mass is 485 g/mol. The average molecular weight is 486 g/mol. The number of amides is 1. The van der Waals surface area contributed by atoms with Gasteiger partial charge in [-0.15, -0.1) is 0 Å². The number of aromatic nitrogens is 2. The summed E-state index contributed by atoms with van der Waals surface area (Å²) in [5.74, 6) is -1.16. The molecular weight excluding hydrogens is 458 g/mol. The fourth-order valence-corrected chi connectivity index (χ4v) is 4.53. The smallest absolute Gasteiger partial charge is 0.358 e. The Bertz CT molecular complexity index is 1240. The van der Waals surface area contributed by atoms with E-state index in [0.29, 0.717) is 11.7 Å². The lowest BCUT2D eigenvalue weighted by Crippen LogP contribution is -2.24. The van der Waals surface area contributed by atoms with Gasteiger partial charge >= 0.3 is 5.97 Å². The normalized spacial score (nSPS) is 10.8. The Labute approximate surface area is 209 Å². The molecule has 0 radical (unpaired) electrons. The van der Waals surface area contributed by atoms with Crippen LogP contribution in [0.5, 0.6) is 0 Å². The third-order valence-electron chi connectivity index (χ3n) is 5.54. The van der Waals surface area contributed by atoms with Gasteiger partial charge in [0, 0.05) is 0 Å². The molecule has 4 aromatic rings. The maximum atomic E-state index is 13.7. The number of carbonyl (C=O) groups excluding carboxylic acids is 2. The number of nitrogens with zero attached hydrogens (tertiary/aromatic N) is 2. The van der Waals surface area contributed by atoms with Gasteiger partial charge in [0.2, 0.25) is 5.91 Å². The molecule has 178 valence electrons. The highest BCUT2D eigenvalue weighted by Crippen LogP contribution is 2.30. The molecule has 7 heteroatoms. The van der Waals surface area contributed by atoms with E-state index in [1.807, 2.05) is 97.3 Å². The van der Waals surface area contributed by atoms with Crippen LogP contribution < -0.4 is 5.32 Å². The molecule has 1 N–H and O–H groups in total. The lowest BCUT2D eigenvalue weighted by Gasteiger charge is -2.18. The molecule has 0 atom stereocenters. The van der Waals surface area contributed by atoms with E-state index in [2.05, 4.69) is 10.3 Å². The number of carbonyl (C=O) groups is 2. The second-order valence-corrected chi connectivity index (χ2v) is 8.60. The highest BCUT2D eigenvalue weighted by Gasteiger charge is 2.29. The van der Waals surface area contributed by atoms with Crippen LogP contribution in [-0.4, -0.2) is 34.3 Å². The van der Waals surface area contributed by atoms with Crippen LogP contribution in [0.25, 0.3) is 0 Å². The van der Waals surface area contributed by atoms with Crippen molar-refractivity contribution in [1.29, 1.82) is 0 Å². The minimum absolute atomic E-state index is 0.200. The van der Waals surface area contributed by atoms with Gasteiger partial charge in [-0.05, 0) is 29.9 Å². The van der Waals surface area contributed by atoms with Crippen molar-refractivity contribution in [2.75, 3.05) is 18.2 Å². The fourth-order valence-electron chi connectivity index (χ4n) is 3.97. The van der Waals surface area contributed by atoms with E-state index in [1.54, 1.807) is 11.5 Å². The van der Waals surface area contributed by atoms with Gasteiger partial charge in [-0.3, -0.25) is 4.79 Å². The molecule has 0 aliphatic carbocycles. The minimum Gasteiger partial charge on any atom is -0.461 e. The third kappa shape index (κ3) is 5.63. The molecule has 0 aliphatic rings. The van der Waals surface area contributed by atoms with Crippen molar-refractivity contribution in [2.24, 2.45) is 0 Å². The van der Waals surface area contributed by atoms with E-state index < -0.39 is 11.9 Å². The SMILES string of the molecule is CCOC(=O)c1c(NC(=O)C(c2ccccc2)c2ccccc2)nc(SC)n1Cc1ccccc1. The van der Waals surface area contributed by atoms with Crippen molar-refractivity contribution in [3.05, 3.63) is 113 Å². The molecule has 0 saturated carbocycles. The van der Waals surface area contributed by atoms with E-state index in [1.165, 1.54) is 11.8 Å². The summed E-state index contributed by atoms with van der Waals surface area (Å²) in [7, 11) is 0. The fraction of sp³-hybridized carbons (Fsp3) is 0.179. The zero-order valence-electron chi connectivity index (χ0n) is 19.7. The molecule has 1 aromatic heterocycles. The zero-order valence-corrected chi connectivity index (χ0v) is 20.5. The molecule has 0 spiro atoms. The van der Waals surface area contributed by atoms with Gasteiger partial charge in [0.15, 0.2) is 16.7 Å². The van der Waals surface area contributed by atoms with Gasteiger partial charge in [0.05, 0.1) is 19.1 Å². The Morgan fingerprint density at radius 3 is 1.97 bits per heavy atom. The number of thioether (sulfide) groups is 1. The molecule has 1 heterocycles. The van der Waals surface area contributed by atoms with E-state index in [4.69, 9.17) is 4.74 Å². The number of rotatable bonds is 9. The van der Waals surface area contributed by atoms with E-state index in [9.17, 15) is 9.59 Å². The van der Waals surface area contributed by atoms with Gasteiger partial charge < -0.3 is 14.6 Å². The number of nitrogens with one attached hydrogen (secondary N) is 1. The van der Waals surface area contributed by atoms with Gasteiger partial charge in [-0.25, -0.2) is 9.78 Å². The number of imidazole rings is 1. The highest BCUT2D eigenvalue weighted by molar-refractivity contribution is 7.98. The summed E-state index contributed by atoms with van der Waals surface area (Å²) in [6, 6.07) is 28.9. The third-order valence-corrected chi connectivity index (χ3v) is 6.21. The summed E-state index contributed by atoms with van der Waals surface area (Å²) in [4.78, 5) is 31.4. The van der Waals surface area contributed by atoms with Crippen LogP contribution in [0.4, 0.5) is 5.82 Å². The first-order chi connectivity index (χ1) is 17.1. The molecule has 0 bridgehead atoms. The molecule has 0 aliphatic heterocycles. The summed E-state index contributed by atoms with van der Waals surface area (Å²) in [6.07, 6.45) is 1.89. The van der Waals surface area contributed by atoms with E-state index in [0.717, 1.165) is 16.7 Å². The largest absolute Gasteiger partial charge is 0.461 e. The van der Waals surface area contributed by atoms with Gasteiger partial charge in [-0.2, -0.15) is 0 Å². The highest BCUT2D eigenvalue weighted by atomic mass is 32.2. The molecular formula is C28H27N3O3S. The van der Waals surface area contributed by atoms with Crippen molar-refractivity contribution < 1.29 is 14.3 Å². The second-order valence-electron chi connectivity index (χ2n) is 7.83. The molecule has 0 unspecified atom stereocenters. The summed E-state index contributed by atoms with van der Waals surface area (Å²) in [6.45, 7) is 2.40. The Morgan fingerprint density at radius 2 is 1.46 bits per heavy atom. The van der Waals surface area contributed by atoms with Crippen LogP contribution in [0.15, 0.2) is 96.2 Å². The van der Waals surface area contributed by atoms with Crippen molar-refractivity contribution >= 4 is 29.5 Å². The number of anilines is 1.